The summed E-state index contributed by atoms with van der Waals surface area (Å²) in [6.07, 6.45) is 0. The van der Waals surface area contributed by atoms with E-state index >= 15 is 0 Å². The fourth-order valence-electron chi connectivity index (χ4n) is 2.28. The minimum absolute atomic E-state index is 0.260. The molecular weight excluding hydrogens is 186 g/mol. The van der Waals surface area contributed by atoms with Gasteiger partial charge in [-0.05, 0) is 34.2 Å². The Labute approximate surface area is 91.8 Å². The molecular formula is C12H27NSi. The van der Waals surface area contributed by atoms with Crippen molar-refractivity contribution >= 4 is 8.80 Å². The van der Waals surface area contributed by atoms with Crippen molar-refractivity contribution in [3.8, 4) is 0 Å². The summed E-state index contributed by atoms with van der Waals surface area (Å²) in [5.74, 6) is 0. The van der Waals surface area contributed by atoms with E-state index in [1.165, 1.54) is 5.57 Å². The van der Waals surface area contributed by atoms with Crippen LogP contribution in [0, 0.1) is 0 Å². The zero-order valence-electron chi connectivity index (χ0n) is 11.0. The minimum Gasteiger partial charge on any atom is -0.295 e. The van der Waals surface area contributed by atoms with E-state index in [1.807, 2.05) is 0 Å². The van der Waals surface area contributed by atoms with Crippen LogP contribution in [0.1, 0.15) is 34.6 Å². The van der Waals surface area contributed by atoms with Crippen LogP contribution in [0.4, 0.5) is 0 Å². The highest BCUT2D eigenvalue weighted by molar-refractivity contribution is 6.58. The number of hydrogen-bond acceptors (Lipinski definition) is 1. The predicted molar refractivity (Wildman–Crippen MR) is 69.6 cm³/mol. The van der Waals surface area contributed by atoms with Gasteiger partial charge in [0.25, 0.3) is 0 Å². The highest BCUT2D eigenvalue weighted by Gasteiger charge is 2.30. The smallest absolute Gasteiger partial charge is 0.0560 e. The molecule has 14 heavy (non-hydrogen) atoms. The maximum atomic E-state index is 4.15. The summed E-state index contributed by atoms with van der Waals surface area (Å²) in [5, 5.41) is 0. The predicted octanol–water partition coefficient (Wildman–Crippen LogP) is 3.08. The van der Waals surface area contributed by atoms with Gasteiger partial charge in [-0.3, -0.25) is 4.90 Å². The molecule has 0 heterocycles. The Morgan fingerprint density at radius 3 is 1.86 bits per heavy atom. The molecule has 0 saturated carbocycles. The second-order valence-electron chi connectivity index (χ2n) is 5.49. The summed E-state index contributed by atoms with van der Waals surface area (Å²) in [5.41, 5.74) is 2.23. The average Bonchev–Trinajstić information content (AvgIpc) is 1.95. The molecule has 0 aromatic carbocycles. The van der Waals surface area contributed by atoms with Crippen LogP contribution < -0.4 is 0 Å². The molecule has 1 atom stereocenters. The minimum atomic E-state index is -0.692. The third-order valence-corrected chi connectivity index (χ3v) is 4.87. The summed E-state index contributed by atoms with van der Waals surface area (Å²) in [6, 6.07) is 0. The van der Waals surface area contributed by atoms with E-state index in [0.29, 0.717) is 5.67 Å². The maximum Gasteiger partial charge on any atom is 0.0560 e. The van der Waals surface area contributed by atoms with Gasteiger partial charge in [0.15, 0.2) is 0 Å². The molecule has 84 valence electrons. The first-order valence-corrected chi connectivity index (χ1v) is 8.61. The Hall–Kier alpha value is -0.0831. The summed E-state index contributed by atoms with van der Waals surface area (Å²) in [6.45, 7) is 21.4. The van der Waals surface area contributed by atoms with E-state index in [9.17, 15) is 0 Å². The topological polar surface area (TPSA) is 3.24 Å². The quantitative estimate of drug-likeness (QED) is 0.512. The number of nitrogens with zero attached hydrogens (tertiary/aromatic N) is 1. The molecule has 0 radical (unpaired) electrons. The van der Waals surface area contributed by atoms with Crippen LogP contribution in [0.2, 0.25) is 13.1 Å². The monoisotopic (exact) mass is 213 g/mol. The van der Waals surface area contributed by atoms with Crippen molar-refractivity contribution in [2.75, 3.05) is 6.54 Å². The first-order chi connectivity index (χ1) is 6.21. The Balaban J connectivity index is 4.87. The third-order valence-electron chi connectivity index (χ3n) is 2.67. The molecule has 0 aromatic heterocycles. The molecule has 0 aliphatic heterocycles. The molecule has 0 N–H and O–H groups in total. The van der Waals surface area contributed by atoms with Crippen molar-refractivity contribution in [1.82, 2.24) is 4.90 Å². The van der Waals surface area contributed by atoms with Crippen LogP contribution in [0.25, 0.3) is 0 Å². The van der Waals surface area contributed by atoms with E-state index in [0.717, 1.165) is 6.54 Å². The Bertz CT molecular complexity index is 191. The lowest BCUT2D eigenvalue weighted by molar-refractivity contribution is 0.138. The Morgan fingerprint density at radius 2 is 1.79 bits per heavy atom. The van der Waals surface area contributed by atoms with Gasteiger partial charge in [-0.2, -0.15) is 0 Å². The maximum absolute atomic E-state index is 4.15. The molecule has 0 fully saturated rings. The fourth-order valence-corrected chi connectivity index (χ4v) is 4.80. The van der Waals surface area contributed by atoms with Crippen LogP contribution in [-0.4, -0.2) is 31.4 Å². The van der Waals surface area contributed by atoms with Gasteiger partial charge in [-0.25, -0.2) is 0 Å². The van der Waals surface area contributed by atoms with Gasteiger partial charge in [0.05, 0.1) is 8.80 Å². The highest BCUT2D eigenvalue weighted by Crippen LogP contribution is 2.22. The fraction of sp³-hybridized carbons (Fsp3) is 0.833. The van der Waals surface area contributed by atoms with E-state index in [-0.39, 0.29) is 5.54 Å². The molecule has 0 saturated heterocycles. The molecule has 0 spiro atoms. The lowest BCUT2D eigenvalue weighted by Crippen LogP contribution is -2.53. The second-order valence-corrected chi connectivity index (χ2v) is 8.61. The van der Waals surface area contributed by atoms with E-state index in [1.54, 1.807) is 0 Å². The van der Waals surface area contributed by atoms with Crippen LogP contribution in [0.5, 0.6) is 0 Å². The Morgan fingerprint density at radius 1 is 1.36 bits per heavy atom. The lowest BCUT2D eigenvalue weighted by atomic mass is 10.1. The van der Waals surface area contributed by atoms with Crippen molar-refractivity contribution in [2.45, 2.75) is 58.9 Å². The zero-order valence-corrected chi connectivity index (χ0v) is 12.2. The lowest BCUT2D eigenvalue weighted by Gasteiger charge is -2.43. The van der Waals surface area contributed by atoms with Crippen molar-refractivity contribution in [3.63, 3.8) is 0 Å². The molecule has 0 aromatic rings. The summed E-state index contributed by atoms with van der Waals surface area (Å²) < 4.78 is 0. The van der Waals surface area contributed by atoms with Gasteiger partial charge < -0.3 is 0 Å². The number of hydrogen-bond donors (Lipinski definition) is 0. The average molecular weight is 213 g/mol. The van der Waals surface area contributed by atoms with Gasteiger partial charge in [0, 0.05) is 11.2 Å². The van der Waals surface area contributed by atoms with Gasteiger partial charge in [0.1, 0.15) is 0 Å². The number of rotatable bonds is 4. The first kappa shape index (κ1) is 13.9. The SMILES string of the molecule is C=C(C)C(N(CC)C(C)(C)C)[SiH](C)C. The van der Waals surface area contributed by atoms with Crippen LogP contribution >= 0.6 is 0 Å². The van der Waals surface area contributed by atoms with Crippen LogP contribution in [0.3, 0.4) is 0 Å². The number of likely N-dealkylation sites (N-methyl/N-ethyl adjacent to an activating group) is 1. The molecule has 2 heteroatoms. The van der Waals surface area contributed by atoms with Crippen molar-refractivity contribution in [1.29, 1.82) is 0 Å². The third kappa shape index (κ3) is 3.58. The first-order valence-electron chi connectivity index (χ1n) is 5.64. The van der Waals surface area contributed by atoms with E-state index in [2.05, 4.69) is 59.2 Å². The summed E-state index contributed by atoms with van der Waals surface area (Å²) >= 11 is 0. The van der Waals surface area contributed by atoms with Gasteiger partial charge in [-0.15, -0.1) is 0 Å². The summed E-state index contributed by atoms with van der Waals surface area (Å²) in [7, 11) is -0.692. The largest absolute Gasteiger partial charge is 0.295 e. The standard InChI is InChI=1S/C12H27NSi/c1-9-13(12(4,5)6)11(10(2)3)14(7)8/h11,14H,2,9H2,1,3-8H3. The molecule has 1 unspecified atom stereocenters. The van der Waals surface area contributed by atoms with Crippen molar-refractivity contribution in [3.05, 3.63) is 12.2 Å². The molecule has 0 aliphatic carbocycles. The van der Waals surface area contributed by atoms with Crippen LogP contribution in [-0.2, 0) is 0 Å². The molecule has 0 amide bonds. The van der Waals surface area contributed by atoms with Gasteiger partial charge >= 0.3 is 0 Å². The summed E-state index contributed by atoms with van der Waals surface area (Å²) in [4.78, 5) is 2.59. The normalized spacial score (nSPS) is 14.9. The Kier molecular flexibility index (Phi) is 5.10. The zero-order chi connectivity index (χ0) is 11.5. The molecule has 0 bridgehead atoms. The van der Waals surface area contributed by atoms with E-state index < -0.39 is 8.80 Å². The molecule has 1 nitrogen and oxygen atoms in total. The second kappa shape index (κ2) is 5.13. The van der Waals surface area contributed by atoms with Gasteiger partial charge in [-0.1, -0.05) is 32.2 Å². The van der Waals surface area contributed by atoms with Gasteiger partial charge in [0.2, 0.25) is 0 Å². The molecule has 0 aliphatic rings. The highest BCUT2D eigenvalue weighted by atomic mass is 28.3. The van der Waals surface area contributed by atoms with Crippen molar-refractivity contribution < 1.29 is 0 Å². The van der Waals surface area contributed by atoms with Crippen molar-refractivity contribution in [2.24, 2.45) is 0 Å². The van der Waals surface area contributed by atoms with Crippen LogP contribution in [0.15, 0.2) is 12.2 Å². The van der Waals surface area contributed by atoms with E-state index in [4.69, 9.17) is 0 Å². The molecule has 0 rings (SSSR count).